The highest BCUT2D eigenvalue weighted by atomic mass is 35.5. The number of hydrogen-bond donors (Lipinski definition) is 1. The molecule has 0 amide bonds. The molecule has 8 heteroatoms. The molecule has 27 heavy (non-hydrogen) atoms. The Bertz CT molecular complexity index is 816. The molecule has 1 aromatic carbocycles. The van der Waals surface area contributed by atoms with E-state index in [2.05, 4.69) is 20.8 Å². The van der Waals surface area contributed by atoms with Gasteiger partial charge in [0.15, 0.2) is 9.84 Å². The van der Waals surface area contributed by atoms with Crippen molar-refractivity contribution < 1.29 is 17.7 Å². The van der Waals surface area contributed by atoms with Crippen LogP contribution in [0.5, 0.6) is 0 Å². The molecule has 5 rings (SSSR count). The standard InChI is InChI=1S/C19H28BNO4S.ClH/c1-18(2)13-10-15(18)19(3)16(11-13)24-20(25-19)17(21)9-12-5-7-14(8-6-12)26(4,22)23;/h5-8,13,15-17H,9-11,21H2,1-4H3;1H/t13-,15-,16+,17?,19-;/m0./s1. The van der Waals surface area contributed by atoms with E-state index in [1.807, 2.05) is 12.1 Å². The summed E-state index contributed by atoms with van der Waals surface area (Å²) in [6.45, 7) is 6.87. The van der Waals surface area contributed by atoms with Crippen molar-refractivity contribution >= 4 is 29.4 Å². The van der Waals surface area contributed by atoms with Crippen LogP contribution >= 0.6 is 12.4 Å². The Kier molecular flexibility index (Phi) is 5.27. The van der Waals surface area contributed by atoms with Crippen LogP contribution in [0.1, 0.15) is 39.2 Å². The van der Waals surface area contributed by atoms with Gasteiger partial charge >= 0.3 is 7.12 Å². The zero-order chi connectivity index (χ0) is 18.9. The molecule has 3 saturated carbocycles. The predicted molar refractivity (Wildman–Crippen MR) is 109 cm³/mol. The molecule has 1 aliphatic heterocycles. The number of hydrogen-bond acceptors (Lipinski definition) is 5. The molecule has 1 saturated heterocycles. The van der Waals surface area contributed by atoms with Gasteiger partial charge in [0.05, 0.1) is 16.6 Å². The van der Waals surface area contributed by atoms with Gasteiger partial charge in [0.2, 0.25) is 0 Å². The van der Waals surface area contributed by atoms with Gasteiger partial charge in [-0.3, -0.25) is 0 Å². The Morgan fingerprint density at radius 2 is 1.85 bits per heavy atom. The van der Waals surface area contributed by atoms with E-state index in [9.17, 15) is 8.42 Å². The zero-order valence-electron chi connectivity index (χ0n) is 16.3. The summed E-state index contributed by atoms with van der Waals surface area (Å²) < 4.78 is 35.8. The number of nitrogens with two attached hydrogens (primary N) is 1. The van der Waals surface area contributed by atoms with E-state index in [1.165, 1.54) is 12.7 Å². The lowest BCUT2D eigenvalue weighted by Gasteiger charge is -2.64. The predicted octanol–water partition coefficient (Wildman–Crippen LogP) is 2.65. The molecule has 4 aliphatic rings. The average Bonchev–Trinajstić information content (AvgIpc) is 2.91. The first-order chi connectivity index (χ1) is 12.0. The highest BCUT2D eigenvalue weighted by Crippen LogP contribution is 2.65. The first kappa shape index (κ1) is 21.1. The van der Waals surface area contributed by atoms with Gasteiger partial charge in [-0.25, -0.2) is 8.42 Å². The Balaban J connectivity index is 0.00000210. The van der Waals surface area contributed by atoms with E-state index in [0.29, 0.717) is 28.6 Å². The van der Waals surface area contributed by atoms with Gasteiger partial charge in [-0.1, -0.05) is 26.0 Å². The summed E-state index contributed by atoms with van der Waals surface area (Å²) in [5.41, 5.74) is 7.46. The second-order valence-electron chi connectivity index (χ2n) is 9.12. The highest BCUT2D eigenvalue weighted by molar-refractivity contribution is 7.90. The molecule has 5 atom stereocenters. The maximum Gasteiger partial charge on any atom is 0.475 e. The molecule has 5 nitrogen and oxygen atoms in total. The largest absolute Gasteiger partial charge is 0.475 e. The number of halogens is 1. The van der Waals surface area contributed by atoms with Gasteiger partial charge in [0, 0.05) is 12.2 Å². The van der Waals surface area contributed by atoms with E-state index < -0.39 is 17.0 Å². The van der Waals surface area contributed by atoms with Crippen molar-refractivity contribution in [3.8, 4) is 0 Å². The molecule has 2 bridgehead atoms. The van der Waals surface area contributed by atoms with Crippen molar-refractivity contribution in [2.75, 3.05) is 6.26 Å². The van der Waals surface area contributed by atoms with Crippen molar-refractivity contribution in [2.24, 2.45) is 23.0 Å². The first-order valence-electron chi connectivity index (χ1n) is 9.39. The Hall–Kier alpha value is -0.595. The summed E-state index contributed by atoms with van der Waals surface area (Å²) >= 11 is 0. The fourth-order valence-electron chi connectivity index (χ4n) is 5.32. The van der Waals surface area contributed by atoms with Gasteiger partial charge in [-0.05, 0) is 61.1 Å². The number of rotatable bonds is 4. The third kappa shape index (κ3) is 3.36. The van der Waals surface area contributed by atoms with Crippen LogP contribution in [0.4, 0.5) is 0 Å². The summed E-state index contributed by atoms with van der Waals surface area (Å²) in [4.78, 5) is 0.323. The zero-order valence-corrected chi connectivity index (χ0v) is 18.0. The molecule has 4 fully saturated rings. The van der Waals surface area contributed by atoms with Crippen molar-refractivity contribution in [3.63, 3.8) is 0 Å². The van der Waals surface area contributed by atoms with Gasteiger partial charge in [0.1, 0.15) is 0 Å². The second-order valence-corrected chi connectivity index (χ2v) is 11.1. The van der Waals surface area contributed by atoms with E-state index in [4.69, 9.17) is 15.0 Å². The minimum Gasteiger partial charge on any atom is -0.404 e. The Morgan fingerprint density at radius 1 is 1.22 bits per heavy atom. The van der Waals surface area contributed by atoms with Crippen molar-refractivity contribution in [3.05, 3.63) is 29.8 Å². The molecule has 150 valence electrons. The fourth-order valence-corrected chi connectivity index (χ4v) is 5.95. The van der Waals surface area contributed by atoms with Crippen molar-refractivity contribution in [1.82, 2.24) is 0 Å². The molecular weight excluding hydrogens is 385 g/mol. The lowest BCUT2D eigenvalue weighted by Crippen LogP contribution is -2.65. The van der Waals surface area contributed by atoms with Gasteiger partial charge in [-0.2, -0.15) is 0 Å². The minimum atomic E-state index is -3.18. The maximum absolute atomic E-state index is 11.6. The molecule has 1 heterocycles. The van der Waals surface area contributed by atoms with Crippen LogP contribution in [0.25, 0.3) is 0 Å². The third-order valence-corrected chi connectivity index (χ3v) is 8.27. The van der Waals surface area contributed by atoms with E-state index in [1.54, 1.807) is 12.1 Å². The van der Waals surface area contributed by atoms with Gasteiger partial charge in [-0.15, -0.1) is 12.4 Å². The molecule has 3 aliphatic carbocycles. The van der Waals surface area contributed by atoms with E-state index in [-0.39, 0.29) is 30.1 Å². The molecule has 0 aromatic heterocycles. The normalized spacial score (nSPS) is 35.0. The first-order valence-corrected chi connectivity index (χ1v) is 11.3. The molecule has 0 spiro atoms. The lowest BCUT2D eigenvalue weighted by atomic mass is 9.43. The Labute approximate surface area is 168 Å². The van der Waals surface area contributed by atoms with E-state index >= 15 is 0 Å². The molecule has 1 unspecified atom stereocenters. The topological polar surface area (TPSA) is 78.6 Å². The van der Waals surface area contributed by atoms with Crippen LogP contribution in [0, 0.1) is 17.3 Å². The van der Waals surface area contributed by atoms with Crippen molar-refractivity contribution in [1.29, 1.82) is 0 Å². The summed E-state index contributed by atoms with van der Waals surface area (Å²) in [6, 6.07) is 6.90. The van der Waals surface area contributed by atoms with Crippen LogP contribution in [0.15, 0.2) is 29.2 Å². The smallest absolute Gasteiger partial charge is 0.404 e. The number of benzene rings is 1. The van der Waals surface area contributed by atoms with Crippen LogP contribution in [-0.2, 0) is 25.6 Å². The molecule has 2 N–H and O–H groups in total. The SMILES string of the molecule is CC1(C)[C@@H]2C[C@H]3OB(C(N)Cc4ccc(S(C)(=O)=O)cc4)O[C@@]3(C)[C@H]1C2.Cl. The van der Waals surface area contributed by atoms with Crippen molar-refractivity contribution in [2.45, 2.75) is 62.6 Å². The maximum atomic E-state index is 11.6. The van der Waals surface area contributed by atoms with Crippen LogP contribution < -0.4 is 5.73 Å². The number of sulfone groups is 1. The minimum absolute atomic E-state index is 0. The van der Waals surface area contributed by atoms with E-state index in [0.717, 1.165) is 12.0 Å². The summed E-state index contributed by atoms with van der Waals surface area (Å²) in [5.74, 6) is 0.958. The highest BCUT2D eigenvalue weighted by Gasteiger charge is 2.68. The average molecular weight is 414 g/mol. The van der Waals surface area contributed by atoms with Gasteiger partial charge in [0.25, 0.3) is 0 Å². The second kappa shape index (κ2) is 6.73. The fraction of sp³-hybridized carbons (Fsp3) is 0.684. The summed E-state index contributed by atoms with van der Waals surface area (Å²) in [5, 5.41) is 0. The third-order valence-electron chi connectivity index (χ3n) is 7.14. The molecule has 1 aromatic rings. The lowest BCUT2D eigenvalue weighted by molar-refractivity contribution is -0.199. The van der Waals surface area contributed by atoms with Crippen LogP contribution in [0.3, 0.4) is 0 Å². The van der Waals surface area contributed by atoms with Gasteiger partial charge < -0.3 is 15.0 Å². The van der Waals surface area contributed by atoms with Crippen LogP contribution in [0.2, 0.25) is 0 Å². The monoisotopic (exact) mass is 413 g/mol. The molecule has 0 radical (unpaired) electrons. The quantitative estimate of drug-likeness (QED) is 0.768. The summed E-state index contributed by atoms with van der Waals surface area (Å²) in [7, 11) is -3.59. The Morgan fingerprint density at radius 3 is 2.41 bits per heavy atom. The van der Waals surface area contributed by atoms with Crippen LogP contribution in [-0.4, -0.2) is 39.4 Å². The molecular formula is C19H29BClNO4S. The summed E-state index contributed by atoms with van der Waals surface area (Å²) in [6.07, 6.45) is 4.20.